The standard InChI is InChI=1S/C18H20N4O3S2/c1-14-20-21-18(22(14)13-15-5-3-2-4-6-15)26-12-11-25-16-7-9-17(10-8-16)27(19,23)24/h2-10H,11-13H2,1H3,(H2,19,23,24). The molecule has 1 aromatic heterocycles. The Bertz CT molecular complexity index is 987. The van der Waals surface area contributed by atoms with Gasteiger partial charge in [0, 0.05) is 5.75 Å². The summed E-state index contributed by atoms with van der Waals surface area (Å²) in [7, 11) is -3.69. The van der Waals surface area contributed by atoms with Crippen LogP contribution in [0, 0.1) is 6.92 Å². The van der Waals surface area contributed by atoms with Gasteiger partial charge in [-0.3, -0.25) is 0 Å². The normalized spacial score (nSPS) is 11.5. The van der Waals surface area contributed by atoms with Crippen LogP contribution in [0.2, 0.25) is 0 Å². The Morgan fingerprint density at radius 1 is 1.07 bits per heavy atom. The summed E-state index contributed by atoms with van der Waals surface area (Å²) in [6.45, 7) is 3.11. The molecule has 0 aliphatic rings. The van der Waals surface area contributed by atoms with Crippen molar-refractivity contribution in [1.82, 2.24) is 14.8 Å². The van der Waals surface area contributed by atoms with Crippen molar-refractivity contribution in [1.29, 1.82) is 0 Å². The third kappa shape index (κ3) is 5.31. The van der Waals surface area contributed by atoms with Gasteiger partial charge in [-0.15, -0.1) is 10.2 Å². The van der Waals surface area contributed by atoms with Crippen molar-refractivity contribution in [3.05, 3.63) is 66.0 Å². The highest BCUT2D eigenvalue weighted by atomic mass is 32.2. The number of hydrogen-bond donors (Lipinski definition) is 1. The van der Waals surface area contributed by atoms with Crippen molar-refractivity contribution in [2.45, 2.75) is 23.5 Å². The first-order valence-corrected chi connectivity index (χ1v) is 10.8. The molecule has 0 bridgehead atoms. The van der Waals surface area contributed by atoms with E-state index in [9.17, 15) is 8.42 Å². The molecule has 2 aromatic carbocycles. The van der Waals surface area contributed by atoms with Gasteiger partial charge in [-0.05, 0) is 36.8 Å². The van der Waals surface area contributed by atoms with Crippen molar-refractivity contribution in [2.24, 2.45) is 5.14 Å². The quantitative estimate of drug-likeness (QED) is 0.457. The SMILES string of the molecule is Cc1nnc(SCCOc2ccc(S(N)(=O)=O)cc2)n1Cc1ccccc1. The summed E-state index contributed by atoms with van der Waals surface area (Å²) in [5.74, 6) is 2.13. The van der Waals surface area contributed by atoms with E-state index < -0.39 is 10.0 Å². The number of nitrogens with two attached hydrogens (primary N) is 1. The predicted molar refractivity (Wildman–Crippen MR) is 104 cm³/mol. The van der Waals surface area contributed by atoms with E-state index in [4.69, 9.17) is 9.88 Å². The second-order valence-electron chi connectivity index (χ2n) is 5.81. The number of sulfonamides is 1. The van der Waals surface area contributed by atoms with Crippen LogP contribution >= 0.6 is 11.8 Å². The zero-order valence-corrected chi connectivity index (χ0v) is 16.4. The van der Waals surface area contributed by atoms with E-state index in [2.05, 4.69) is 26.9 Å². The van der Waals surface area contributed by atoms with Gasteiger partial charge in [-0.25, -0.2) is 13.6 Å². The van der Waals surface area contributed by atoms with Crippen molar-refractivity contribution in [3.63, 3.8) is 0 Å². The van der Waals surface area contributed by atoms with E-state index in [0.717, 1.165) is 17.5 Å². The largest absolute Gasteiger partial charge is 0.493 e. The summed E-state index contributed by atoms with van der Waals surface area (Å²) in [5.41, 5.74) is 1.19. The minimum Gasteiger partial charge on any atom is -0.493 e. The Hall–Kier alpha value is -2.36. The molecule has 0 saturated carbocycles. The Labute approximate surface area is 162 Å². The molecule has 1 heterocycles. The smallest absolute Gasteiger partial charge is 0.238 e. The zero-order chi connectivity index (χ0) is 19.3. The predicted octanol–water partition coefficient (Wildman–Crippen LogP) is 2.45. The molecule has 3 rings (SSSR count). The lowest BCUT2D eigenvalue weighted by Crippen LogP contribution is -2.11. The number of primary sulfonamides is 1. The fraction of sp³-hybridized carbons (Fsp3) is 0.222. The first kappa shape index (κ1) is 19.4. The van der Waals surface area contributed by atoms with Crippen LogP contribution in [-0.4, -0.2) is 35.5 Å². The molecule has 0 saturated heterocycles. The monoisotopic (exact) mass is 404 g/mol. The number of aryl methyl sites for hydroxylation is 1. The number of nitrogens with zero attached hydrogens (tertiary/aromatic N) is 3. The van der Waals surface area contributed by atoms with E-state index >= 15 is 0 Å². The van der Waals surface area contributed by atoms with Gasteiger partial charge in [-0.2, -0.15) is 0 Å². The van der Waals surface area contributed by atoms with Crippen molar-refractivity contribution in [2.75, 3.05) is 12.4 Å². The van der Waals surface area contributed by atoms with Crippen molar-refractivity contribution < 1.29 is 13.2 Å². The van der Waals surface area contributed by atoms with Crippen LogP contribution in [0.1, 0.15) is 11.4 Å². The second kappa shape index (κ2) is 8.55. The molecule has 0 aliphatic carbocycles. The van der Waals surface area contributed by atoms with E-state index in [-0.39, 0.29) is 4.90 Å². The molecule has 0 unspecified atom stereocenters. The molecule has 0 atom stereocenters. The lowest BCUT2D eigenvalue weighted by Gasteiger charge is -2.09. The summed E-state index contributed by atoms with van der Waals surface area (Å²) in [6, 6.07) is 16.2. The number of benzene rings is 2. The van der Waals surface area contributed by atoms with E-state index in [1.54, 1.807) is 23.9 Å². The molecule has 0 radical (unpaired) electrons. The third-order valence-corrected chi connectivity index (χ3v) is 5.68. The first-order chi connectivity index (χ1) is 12.9. The summed E-state index contributed by atoms with van der Waals surface area (Å²) < 4.78 is 30.2. The zero-order valence-electron chi connectivity index (χ0n) is 14.8. The van der Waals surface area contributed by atoms with Gasteiger partial charge >= 0.3 is 0 Å². The molecular formula is C18H20N4O3S2. The Morgan fingerprint density at radius 2 is 1.78 bits per heavy atom. The van der Waals surface area contributed by atoms with Gasteiger partial charge in [-0.1, -0.05) is 42.1 Å². The minimum absolute atomic E-state index is 0.0636. The van der Waals surface area contributed by atoms with E-state index in [0.29, 0.717) is 18.1 Å². The number of thioether (sulfide) groups is 1. The maximum atomic E-state index is 11.2. The molecular weight excluding hydrogens is 384 g/mol. The Morgan fingerprint density at radius 3 is 2.44 bits per heavy atom. The van der Waals surface area contributed by atoms with Gasteiger partial charge in [0.25, 0.3) is 0 Å². The van der Waals surface area contributed by atoms with Crippen LogP contribution in [0.3, 0.4) is 0 Å². The molecule has 0 aliphatic heterocycles. The van der Waals surface area contributed by atoms with Crippen LogP contribution in [0.5, 0.6) is 5.75 Å². The number of hydrogen-bond acceptors (Lipinski definition) is 6. The van der Waals surface area contributed by atoms with Crippen LogP contribution in [0.15, 0.2) is 64.6 Å². The van der Waals surface area contributed by atoms with Gasteiger partial charge < -0.3 is 9.30 Å². The van der Waals surface area contributed by atoms with Crippen LogP contribution in [0.25, 0.3) is 0 Å². The van der Waals surface area contributed by atoms with E-state index in [1.165, 1.54) is 17.7 Å². The highest BCUT2D eigenvalue weighted by molar-refractivity contribution is 7.99. The van der Waals surface area contributed by atoms with Crippen molar-refractivity contribution in [3.8, 4) is 5.75 Å². The minimum atomic E-state index is -3.69. The maximum Gasteiger partial charge on any atom is 0.238 e. The molecule has 9 heteroatoms. The van der Waals surface area contributed by atoms with Gasteiger partial charge in [0.15, 0.2) is 5.16 Å². The lowest BCUT2D eigenvalue weighted by atomic mass is 10.2. The molecule has 3 aromatic rings. The Balaban J connectivity index is 1.54. The molecule has 7 nitrogen and oxygen atoms in total. The average Bonchev–Trinajstić information content (AvgIpc) is 2.99. The highest BCUT2D eigenvalue weighted by Crippen LogP contribution is 2.20. The molecule has 0 amide bonds. The Kier molecular flexibility index (Phi) is 6.15. The van der Waals surface area contributed by atoms with Crippen molar-refractivity contribution >= 4 is 21.8 Å². The summed E-state index contributed by atoms with van der Waals surface area (Å²) in [6.07, 6.45) is 0. The summed E-state index contributed by atoms with van der Waals surface area (Å²) >= 11 is 1.56. The van der Waals surface area contributed by atoms with E-state index in [1.807, 2.05) is 25.1 Å². The molecule has 0 spiro atoms. The fourth-order valence-electron chi connectivity index (χ4n) is 2.43. The number of aromatic nitrogens is 3. The number of ether oxygens (including phenoxy) is 1. The first-order valence-electron chi connectivity index (χ1n) is 8.26. The van der Waals surface area contributed by atoms with Crippen LogP contribution < -0.4 is 9.88 Å². The van der Waals surface area contributed by atoms with Crippen LogP contribution in [0.4, 0.5) is 0 Å². The number of rotatable bonds is 8. The average molecular weight is 405 g/mol. The van der Waals surface area contributed by atoms with Crippen LogP contribution in [-0.2, 0) is 16.6 Å². The molecule has 0 fully saturated rings. The molecule has 142 valence electrons. The van der Waals surface area contributed by atoms with Gasteiger partial charge in [0.05, 0.1) is 18.0 Å². The molecule has 27 heavy (non-hydrogen) atoms. The summed E-state index contributed by atoms with van der Waals surface area (Å²) in [5, 5.41) is 14.3. The lowest BCUT2D eigenvalue weighted by molar-refractivity contribution is 0.343. The van der Waals surface area contributed by atoms with Gasteiger partial charge in [0.2, 0.25) is 10.0 Å². The molecule has 2 N–H and O–H groups in total. The summed E-state index contributed by atoms with van der Waals surface area (Å²) in [4.78, 5) is 0.0636. The topological polar surface area (TPSA) is 100 Å². The third-order valence-electron chi connectivity index (χ3n) is 3.82. The highest BCUT2D eigenvalue weighted by Gasteiger charge is 2.10. The second-order valence-corrected chi connectivity index (χ2v) is 8.44. The fourth-order valence-corrected chi connectivity index (χ4v) is 3.75. The van der Waals surface area contributed by atoms with Gasteiger partial charge in [0.1, 0.15) is 11.6 Å². The maximum absolute atomic E-state index is 11.2.